The van der Waals surface area contributed by atoms with Gasteiger partial charge in [-0.1, -0.05) is 0 Å². The molecule has 0 aromatic carbocycles. The fourth-order valence-corrected chi connectivity index (χ4v) is 4.30. The Labute approximate surface area is 184 Å². The largest absolute Gasteiger partial charge is 0.573 e. The average Bonchev–Trinajstić information content (AvgIpc) is 3.42. The molecular formula is C22H27F3N6O. The maximum atomic E-state index is 12.7. The van der Waals surface area contributed by atoms with Crippen molar-refractivity contribution in [1.82, 2.24) is 24.3 Å². The molecule has 1 aliphatic heterocycles. The van der Waals surface area contributed by atoms with E-state index >= 15 is 0 Å². The molecule has 0 radical (unpaired) electrons. The summed E-state index contributed by atoms with van der Waals surface area (Å²) in [4.78, 5) is 13.5. The van der Waals surface area contributed by atoms with Crippen LogP contribution < -0.4 is 10.5 Å². The second-order valence-corrected chi connectivity index (χ2v) is 8.98. The van der Waals surface area contributed by atoms with Gasteiger partial charge < -0.3 is 19.9 Å². The summed E-state index contributed by atoms with van der Waals surface area (Å²) in [5, 5.41) is 0. The van der Waals surface area contributed by atoms with Crippen LogP contribution in [-0.2, 0) is 6.42 Å². The van der Waals surface area contributed by atoms with Crippen LogP contribution in [0, 0.1) is 5.92 Å². The monoisotopic (exact) mass is 448 g/mol. The number of hydrogen-bond donors (Lipinski definition) is 1. The molecule has 2 N–H and O–H groups in total. The van der Waals surface area contributed by atoms with E-state index in [1.165, 1.54) is 30.8 Å². The molecule has 0 spiro atoms. The third kappa shape index (κ3) is 4.61. The molecule has 3 heterocycles. The first-order valence-corrected chi connectivity index (χ1v) is 11.0. The predicted molar refractivity (Wildman–Crippen MR) is 115 cm³/mol. The highest BCUT2D eigenvalue weighted by molar-refractivity contribution is 5.66. The van der Waals surface area contributed by atoms with E-state index in [4.69, 9.17) is 10.7 Å². The van der Waals surface area contributed by atoms with E-state index in [1.807, 2.05) is 6.20 Å². The zero-order valence-electron chi connectivity index (χ0n) is 18.0. The first kappa shape index (κ1) is 21.3. The smallest absolute Gasteiger partial charge is 0.402 e. The standard InChI is InChI=1S/C22H27F3N6O/c1-29-4-6-30(7-5-29)16-10-17(11-16)31-13-18(28-20(31)8-14-2-3-14)15-9-19(21(26)27-12-15)32-22(23,24)25/h9-10,12-14,16H,2-8,11H2,1H3,(H2,26,27). The number of nitrogens with two attached hydrogens (primary N) is 1. The van der Waals surface area contributed by atoms with E-state index < -0.39 is 12.1 Å². The Morgan fingerprint density at radius 2 is 1.91 bits per heavy atom. The lowest BCUT2D eigenvalue weighted by Crippen LogP contribution is -2.50. The van der Waals surface area contributed by atoms with Gasteiger partial charge in [-0.15, -0.1) is 13.2 Å². The molecule has 2 aromatic rings. The van der Waals surface area contributed by atoms with Crippen LogP contribution in [-0.4, -0.2) is 70.0 Å². The molecule has 1 atom stereocenters. The van der Waals surface area contributed by atoms with Gasteiger partial charge in [0.25, 0.3) is 0 Å². The van der Waals surface area contributed by atoms with Crippen molar-refractivity contribution in [3.05, 3.63) is 30.4 Å². The Bertz CT molecular complexity index is 1020. The second kappa shape index (κ2) is 8.08. The lowest BCUT2D eigenvalue weighted by Gasteiger charge is -2.41. The first-order valence-electron chi connectivity index (χ1n) is 11.0. The average molecular weight is 448 g/mol. The van der Waals surface area contributed by atoms with Crippen molar-refractivity contribution < 1.29 is 17.9 Å². The van der Waals surface area contributed by atoms with Crippen molar-refractivity contribution in [2.45, 2.75) is 38.1 Å². The molecule has 1 unspecified atom stereocenters. The lowest BCUT2D eigenvalue weighted by atomic mass is 9.96. The van der Waals surface area contributed by atoms with Crippen LogP contribution >= 0.6 is 0 Å². The van der Waals surface area contributed by atoms with Crippen LogP contribution in [0.25, 0.3) is 17.0 Å². The Morgan fingerprint density at radius 1 is 1.19 bits per heavy atom. The maximum absolute atomic E-state index is 12.7. The number of halogens is 3. The molecule has 172 valence electrons. The fourth-order valence-electron chi connectivity index (χ4n) is 4.30. The van der Waals surface area contributed by atoms with Gasteiger partial charge in [0, 0.05) is 68.7 Å². The van der Waals surface area contributed by atoms with Gasteiger partial charge in [0.05, 0.1) is 5.69 Å². The Hall–Kier alpha value is -2.59. The predicted octanol–water partition coefficient (Wildman–Crippen LogP) is 3.24. The number of pyridine rings is 1. The van der Waals surface area contributed by atoms with Gasteiger partial charge in [-0.3, -0.25) is 4.90 Å². The Morgan fingerprint density at radius 3 is 2.56 bits per heavy atom. The normalized spacial score (nSPS) is 22.5. The minimum absolute atomic E-state index is 0.305. The minimum atomic E-state index is -4.83. The van der Waals surface area contributed by atoms with E-state index in [2.05, 4.69) is 37.2 Å². The fraction of sp³-hybridized carbons (Fsp3) is 0.545. The summed E-state index contributed by atoms with van der Waals surface area (Å²) in [6, 6.07) is 1.69. The zero-order valence-corrected chi connectivity index (χ0v) is 18.0. The molecule has 7 nitrogen and oxygen atoms in total. The Balaban J connectivity index is 1.40. The van der Waals surface area contributed by atoms with Gasteiger partial charge in [-0.2, -0.15) is 0 Å². The third-order valence-corrected chi connectivity index (χ3v) is 6.47. The number of aromatic nitrogens is 3. The molecule has 10 heteroatoms. The summed E-state index contributed by atoms with van der Waals surface area (Å²) in [6.07, 6.45) is 4.98. The molecule has 1 saturated carbocycles. The van der Waals surface area contributed by atoms with Crippen molar-refractivity contribution in [1.29, 1.82) is 0 Å². The zero-order chi connectivity index (χ0) is 22.5. The van der Waals surface area contributed by atoms with Crippen LogP contribution in [0.15, 0.2) is 24.5 Å². The number of imidazole rings is 1. The number of ether oxygens (including phenoxy) is 1. The highest BCUT2D eigenvalue weighted by Crippen LogP contribution is 2.37. The van der Waals surface area contributed by atoms with Crippen molar-refractivity contribution in [3.8, 4) is 17.0 Å². The molecular weight excluding hydrogens is 421 g/mol. The van der Waals surface area contributed by atoms with Gasteiger partial charge in [-0.05, 0) is 37.9 Å². The quantitative estimate of drug-likeness (QED) is 0.732. The summed E-state index contributed by atoms with van der Waals surface area (Å²) < 4.78 is 44.3. The van der Waals surface area contributed by atoms with Crippen LogP contribution in [0.5, 0.6) is 5.75 Å². The molecule has 2 fully saturated rings. The summed E-state index contributed by atoms with van der Waals surface area (Å²) in [6.45, 7) is 4.28. The van der Waals surface area contributed by atoms with Gasteiger partial charge in [-0.25, -0.2) is 9.97 Å². The number of piperazine rings is 1. The maximum Gasteiger partial charge on any atom is 0.573 e. The SMILES string of the molecule is CN1CCN(C2C=C(n3cc(-c4cnc(N)c(OC(F)(F)F)c4)nc3CC3CC3)C2)CC1. The summed E-state index contributed by atoms with van der Waals surface area (Å²) in [5.41, 5.74) is 7.79. The third-order valence-electron chi connectivity index (χ3n) is 6.47. The van der Waals surface area contributed by atoms with Crippen LogP contribution in [0.3, 0.4) is 0 Å². The van der Waals surface area contributed by atoms with Gasteiger partial charge >= 0.3 is 6.36 Å². The van der Waals surface area contributed by atoms with E-state index in [0.717, 1.165) is 44.8 Å². The van der Waals surface area contributed by atoms with Gasteiger partial charge in [0.1, 0.15) is 5.82 Å². The second-order valence-electron chi connectivity index (χ2n) is 8.98. The number of nitrogen functional groups attached to an aromatic ring is 1. The molecule has 3 aliphatic rings. The summed E-state index contributed by atoms with van der Waals surface area (Å²) in [5.74, 6) is 0.763. The van der Waals surface area contributed by atoms with Crippen molar-refractivity contribution in [3.63, 3.8) is 0 Å². The van der Waals surface area contributed by atoms with Crippen LogP contribution in [0.4, 0.5) is 19.0 Å². The van der Waals surface area contributed by atoms with Gasteiger partial charge in [0.15, 0.2) is 11.6 Å². The molecule has 5 rings (SSSR count). The van der Waals surface area contributed by atoms with Crippen LogP contribution in [0.1, 0.15) is 25.1 Å². The molecule has 0 amide bonds. The van der Waals surface area contributed by atoms with E-state index in [9.17, 15) is 13.2 Å². The van der Waals surface area contributed by atoms with Gasteiger partial charge in [0.2, 0.25) is 0 Å². The first-order chi connectivity index (χ1) is 15.2. The molecule has 0 bridgehead atoms. The van der Waals surface area contributed by atoms with E-state index in [1.54, 1.807) is 0 Å². The number of anilines is 1. The summed E-state index contributed by atoms with van der Waals surface area (Å²) in [7, 11) is 2.15. The number of alkyl halides is 3. The number of hydrogen-bond acceptors (Lipinski definition) is 6. The van der Waals surface area contributed by atoms with Crippen molar-refractivity contribution >= 4 is 11.5 Å². The lowest BCUT2D eigenvalue weighted by molar-refractivity contribution is -0.274. The van der Waals surface area contributed by atoms with E-state index in [-0.39, 0.29) is 5.82 Å². The molecule has 1 saturated heterocycles. The highest BCUT2D eigenvalue weighted by Gasteiger charge is 2.33. The van der Waals surface area contributed by atoms with Crippen LogP contribution in [0.2, 0.25) is 0 Å². The minimum Gasteiger partial charge on any atom is -0.402 e. The molecule has 2 aliphatic carbocycles. The topological polar surface area (TPSA) is 72.4 Å². The molecule has 32 heavy (non-hydrogen) atoms. The molecule has 2 aromatic heterocycles. The van der Waals surface area contributed by atoms with E-state index in [0.29, 0.717) is 23.2 Å². The highest BCUT2D eigenvalue weighted by atomic mass is 19.4. The van der Waals surface area contributed by atoms with Crippen molar-refractivity contribution in [2.75, 3.05) is 39.0 Å². The van der Waals surface area contributed by atoms with Crippen molar-refractivity contribution in [2.24, 2.45) is 5.92 Å². The Kier molecular flexibility index (Phi) is 5.37. The number of likely N-dealkylation sites (N-methyl/N-ethyl adjacent to an activating group) is 1. The number of rotatable bonds is 6. The number of nitrogens with zero attached hydrogens (tertiary/aromatic N) is 5. The summed E-state index contributed by atoms with van der Waals surface area (Å²) >= 11 is 0.